The lowest BCUT2D eigenvalue weighted by molar-refractivity contribution is -0.117. The molecule has 1 unspecified atom stereocenters. The normalized spacial score (nSPS) is 15.3. The number of ether oxygens (including phenoxy) is 1. The molecule has 2 N–H and O–H groups in total. The van der Waals surface area contributed by atoms with E-state index < -0.39 is 18.2 Å². The molecule has 150 valence electrons. The van der Waals surface area contributed by atoms with E-state index in [0.717, 1.165) is 22.3 Å². The molecule has 0 aliphatic carbocycles. The van der Waals surface area contributed by atoms with Crippen molar-refractivity contribution < 1.29 is 14.3 Å². The van der Waals surface area contributed by atoms with Gasteiger partial charge in [-0.25, -0.2) is 9.79 Å². The van der Waals surface area contributed by atoms with Gasteiger partial charge in [0, 0.05) is 11.1 Å². The highest BCUT2D eigenvalue weighted by Crippen LogP contribution is 2.25. The third-order valence-corrected chi connectivity index (χ3v) is 4.71. The van der Waals surface area contributed by atoms with Crippen molar-refractivity contribution in [2.75, 3.05) is 5.32 Å². The Morgan fingerprint density at radius 3 is 2.47 bits per heavy atom. The Bertz CT molecular complexity index is 1100. The molecule has 0 spiro atoms. The Morgan fingerprint density at radius 2 is 1.73 bits per heavy atom. The molecule has 0 saturated heterocycles. The van der Waals surface area contributed by atoms with Crippen LogP contribution in [0.1, 0.15) is 22.3 Å². The number of amides is 2. The van der Waals surface area contributed by atoms with E-state index in [0.29, 0.717) is 11.4 Å². The number of nitrogens with one attached hydrogen (secondary N) is 2. The molecule has 1 aliphatic rings. The average molecular weight is 399 g/mol. The van der Waals surface area contributed by atoms with E-state index in [4.69, 9.17) is 4.74 Å². The highest BCUT2D eigenvalue weighted by Gasteiger charge is 2.27. The zero-order chi connectivity index (χ0) is 20.9. The van der Waals surface area contributed by atoms with Crippen LogP contribution in [0.15, 0.2) is 83.9 Å². The van der Waals surface area contributed by atoms with Gasteiger partial charge in [-0.2, -0.15) is 0 Å². The molecule has 0 fully saturated rings. The van der Waals surface area contributed by atoms with E-state index in [1.165, 1.54) is 0 Å². The fourth-order valence-electron chi connectivity index (χ4n) is 3.22. The minimum absolute atomic E-state index is 0.107. The van der Waals surface area contributed by atoms with E-state index >= 15 is 0 Å². The second kappa shape index (κ2) is 8.61. The number of aryl methyl sites for hydroxylation is 1. The van der Waals surface area contributed by atoms with Crippen LogP contribution in [0, 0.1) is 6.92 Å². The van der Waals surface area contributed by atoms with E-state index in [2.05, 4.69) is 15.6 Å². The fourth-order valence-corrected chi connectivity index (χ4v) is 3.22. The first kappa shape index (κ1) is 19.4. The van der Waals surface area contributed by atoms with Crippen molar-refractivity contribution >= 4 is 23.4 Å². The topological polar surface area (TPSA) is 79.8 Å². The van der Waals surface area contributed by atoms with Crippen molar-refractivity contribution in [3.8, 4) is 0 Å². The largest absolute Gasteiger partial charge is 0.445 e. The number of carbonyl (C=O) groups is 2. The standard InChI is InChI=1S/C24H21N3O3/c1-16-12-13-20-19(14-16)21(18-10-6-3-7-11-18)26-22(23(28)25-20)27-24(29)30-15-17-8-4-2-5-9-17/h2-14,22H,15H2,1H3,(H,25,28)(H,27,29). The molecule has 0 saturated carbocycles. The van der Waals surface area contributed by atoms with Crippen molar-refractivity contribution in [2.24, 2.45) is 4.99 Å². The number of benzodiazepines with no additional fused rings is 1. The molecule has 6 heteroatoms. The molecule has 3 aromatic rings. The number of nitrogens with zero attached hydrogens (tertiary/aromatic N) is 1. The van der Waals surface area contributed by atoms with Crippen LogP contribution >= 0.6 is 0 Å². The second-order valence-electron chi connectivity index (χ2n) is 6.99. The van der Waals surface area contributed by atoms with Crippen LogP contribution in [-0.4, -0.2) is 23.9 Å². The predicted octanol–water partition coefficient (Wildman–Crippen LogP) is 4.04. The molecule has 6 nitrogen and oxygen atoms in total. The number of hydrogen-bond donors (Lipinski definition) is 2. The van der Waals surface area contributed by atoms with Crippen molar-refractivity contribution in [1.82, 2.24) is 5.32 Å². The van der Waals surface area contributed by atoms with E-state index in [-0.39, 0.29) is 6.61 Å². The summed E-state index contributed by atoms with van der Waals surface area (Å²) in [5.74, 6) is -0.428. The summed E-state index contributed by atoms with van der Waals surface area (Å²) < 4.78 is 5.26. The van der Waals surface area contributed by atoms with E-state index in [1.54, 1.807) is 0 Å². The van der Waals surface area contributed by atoms with Crippen LogP contribution in [0.4, 0.5) is 10.5 Å². The van der Waals surface area contributed by atoms with Crippen LogP contribution in [0.5, 0.6) is 0 Å². The van der Waals surface area contributed by atoms with Gasteiger partial charge in [0.25, 0.3) is 5.91 Å². The summed E-state index contributed by atoms with van der Waals surface area (Å²) in [6.07, 6.45) is -1.83. The maximum Gasteiger partial charge on any atom is 0.409 e. The molecule has 2 amide bonds. The van der Waals surface area contributed by atoms with Crippen LogP contribution < -0.4 is 10.6 Å². The Kier molecular flexibility index (Phi) is 5.57. The van der Waals surface area contributed by atoms with Gasteiger partial charge in [-0.3, -0.25) is 10.1 Å². The minimum Gasteiger partial charge on any atom is -0.445 e. The number of fused-ring (bicyclic) bond motifs is 1. The quantitative estimate of drug-likeness (QED) is 0.695. The lowest BCUT2D eigenvalue weighted by atomic mass is 9.99. The average Bonchev–Trinajstić information content (AvgIpc) is 2.90. The molecule has 3 aromatic carbocycles. The summed E-state index contributed by atoms with van der Waals surface area (Å²) in [5, 5.41) is 5.42. The summed E-state index contributed by atoms with van der Waals surface area (Å²) in [7, 11) is 0. The van der Waals surface area contributed by atoms with Crippen LogP contribution in [0.2, 0.25) is 0 Å². The Balaban J connectivity index is 1.61. The molecular weight excluding hydrogens is 378 g/mol. The third kappa shape index (κ3) is 4.38. The first-order chi connectivity index (χ1) is 14.6. The highest BCUT2D eigenvalue weighted by molar-refractivity contribution is 6.19. The van der Waals surface area contributed by atoms with Gasteiger partial charge < -0.3 is 10.1 Å². The van der Waals surface area contributed by atoms with Gasteiger partial charge in [0.1, 0.15) is 6.61 Å². The van der Waals surface area contributed by atoms with Gasteiger partial charge in [-0.05, 0) is 24.6 Å². The first-order valence-electron chi connectivity index (χ1n) is 9.62. The van der Waals surface area contributed by atoms with E-state index in [9.17, 15) is 9.59 Å². The summed E-state index contributed by atoms with van der Waals surface area (Å²) in [6, 6.07) is 24.6. The Morgan fingerprint density at radius 1 is 1.03 bits per heavy atom. The summed E-state index contributed by atoms with van der Waals surface area (Å²) >= 11 is 0. The summed E-state index contributed by atoms with van der Waals surface area (Å²) in [5.41, 5.74) is 4.83. The molecule has 1 atom stereocenters. The molecule has 30 heavy (non-hydrogen) atoms. The minimum atomic E-state index is -1.11. The number of benzene rings is 3. The summed E-state index contributed by atoms with van der Waals surface area (Å²) in [4.78, 5) is 29.7. The predicted molar refractivity (Wildman–Crippen MR) is 115 cm³/mol. The number of hydrogen-bond acceptors (Lipinski definition) is 4. The maximum absolute atomic E-state index is 12.8. The second-order valence-corrected chi connectivity index (χ2v) is 6.99. The smallest absolute Gasteiger partial charge is 0.409 e. The lowest BCUT2D eigenvalue weighted by Crippen LogP contribution is -2.42. The zero-order valence-electron chi connectivity index (χ0n) is 16.5. The Hall–Kier alpha value is -3.93. The number of aliphatic imine (C=N–C) groups is 1. The SMILES string of the molecule is Cc1ccc2c(c1)C(c1ccccc1)=NC(NC(=O)OCc1ccccc1)C(=O)N2. The fraction of sp³-hybridized carbons (Fsp3) is 0.125. The number of rotatable bonds is 4. The van der Waals surface area contributed by atoms with E-state index in [1.807, 2.05) is 85.8 Å². The van der Waals surface area contributed by atoms with Gasteiger partial charge in [0.2, 0.25) is 6.17 Å². The van der Waals surface area contributed by atoms with Crippen LogP contribution in [0.3, 0.4) is 0 Å². The molecule has 4 rings (SSSR count). The van der Waals surface area contributed by atoms with Crippen molar-refractivity contribution in [2.45, 2.75) is 19.7 Å². The van der Waals surface area contributed by atoms with Gasteiger partial charge in [-0.1, -0.05) is 72.3 Å². The number of carbonyl (C=O) groups excluding carboxylic acids is 2. The molecule has 1 heterocycles. The lowest BCUT2D eigenvalue weighted by Gasteiger charge is -2.13. The van der Waals surface area contributed by atoms with Crippen LogP contribution in [0.25, 0.3) is 0 Å². The van der Waals surface area contributed by atoms with Crippen molar-refractivity contribution in [3.63, 3.8) is 0 Å². The molecular formula is C24H21N3O3. The van der Waals surface area contributed by atoms with Crippen LogP contribution in [-0.2, 0) is 16.1 Å². The Labute approximate surface area is 174 Å². The summed E-state index contributed by atoms with van der Waals surface area (Å²) in [6.45, 7) is 2.09. The highest BCUT2D eigenvalue weighted by atomic mass is 16.5. The van der Waals surface area contributed by atoms with Crippen molar-refractivity contribution in [1.29, 1.82) is 0 Å². The van der Waals surface area contributed by atoms with Gasteiger partial charge in [-0.15, -0.1) is 0 Å². The maximum atomic E-state index is 12.8. The first-order valence-corrected chi connectivity index (χ1v) is 9.62. The molecule has 0 aromatic heterocycles. The van der Waals surface area contributed by atoms with Crippen molar-refractivity contribution in [3.05, 3.63) is 101 Å². The molecule has 1 aliphatic heterocycles. The number of alkyl carbamates (subject to hydrolysis) is 1. The number of anilines is 1. The molecule has 0 bridgehead atoms. The zero-order valence-corrected chi connectivity index (χ0v) is 16.5. The molecule has 0 radical (unpaired) electrons. The van der Waals surface area contributed by atoms with Gasteiger partial charge in [0.15, 0.2) is 0 Å². The third-order valence-electron chi connectivity index (χ3n) is 4.71. The van der Waals surface area contributed by atoms with Gasteiger partial charge in [0.05, 0.1) is 11.4 Å². The monoisotopic (exact) mass is 399 g/mol. The van der Waals surface area contributed by atoms with Gasteiger partial charge >= 0.3 is 6.09 Å².